The molecule has 3 heterocycles. The summed E-state index contributed by atoms with van der Waals surface area (Å²) in [5, 5.41) is 2.89. The van der Waals surface area contributed by atoms with Crippen LogP contribution in [0.1, 0.15) is 27.0 Å². The van der Waals surface area contributed by atoms with Crippen molar-refractivity contribution in [2.24, 2.45) is 0 Å². The molecule has 1 amide bonds. The Balaban J connectivity index is 1.38. The average Bonchev–Trinajstić information content (AvgIpc) is 2.77. The second-order valence-corrected chi connectivity index (χ2v) is 6.71. The van der Waals surface area contributed by atoms with Gasteiger partial charge < -0.3 is 15.0 Å². The zero-order valence-electron chi connectivity index (χ0n) is 15.8. The van der Waals surface area contributed by atoms with Crippen molar-refractivity contribution in [3.63, 3.8) is 0 Å². The van der Waals surface area contributed by atoms with Crippen LogP contribution < -0.4 is 15.0 Å². The molecular formula is C22H22N4O2. The Labute approximate surface area is 164 Å². The van der Waals surface area contributed by atoms with Gasteiger partial charge in [-0.15, -0.1) is 0 Å². The fourth-order valence-corrected chi connectivity index (χ4v) is 3.40. The van der Waals surface area contributed by atoms with Crippen LogP contribution in [0.5, 0.6) is 5.88 Å². The normalized spacial score (nSPS) is 13.0. The third kappa shape index (κ3) is 3.81. The second-order valence-electron chi connectivity index (χ2n) is 6.71. The summed E-state index contributed by atoms with van der Waals surface area (Å²) >= 11 is 0. The molecule has 0 unspecified atom stereocenters. The van der Waals surface area contributed by atoms with Crippen LogP contribution in [0.2, 0.25) is 0 Å². The Morgan fingerprint density at radius 1 is 1.11 bits per heavy atom. The maximum absolute atomic E-state index is 12.4. The van der Waals surface area contributed by atoms with Crippen molar-refractivity contribution in [3.05, 3.63) is 83.2 Å². The van der Waals surface area contributed by atoms with Gasteiger partial charge in [0, 0.05) is 32.0 Å². The van der Waals surface area contributed by atoms with Gasteiger partial charge in [-0.1, -0.05) is 30.3 Å². The predicted molar refractivity (Wildman–Crippen MR) is 107 cm³/mol. The molecule has 0 aliphatic carbocycles. The molecule has 2 aromatic heterocycles. The highest BCUT2D eigenvalue weighted by molar-refractivity contribution is 5.96. The van der Waals surface area contributed by atoms with Crippen molar-refractivity contribution in [1.29, 1.82) is 0 Å². The standard InChI is InChI=1S/C22H22N4O2/c1-28-22-19(7-4-11-23-22)21(27)25-14-16-8-9-20(24-13-16)26-12-10-17-5-2-3-6-18(17)15-26/h2-9,11,13H,10,12,14-15H2,1H3,(H,25,27). The third-order valence-electron chi connectivity index (χ3n) is 4.93. The highest BCUT2D eigenvalue weighted by Crippen LogP contribution is 2.23. The number of benzene rings is 1. The number of pyridine rings is 2. The summed E-state index contributed by atoms with van der Waals surface area (Å²) in [6.45, 7) is 2.23. The SMILES string of the molecule is COc1ncccc1C(=O)NCc1ccc(N2CCc3ccccc3C2)nc1. The molecule has 3 aromatic rings. The number of carbonyl (C=O) groups is 1. The molecule has 0 fully saturated rings. The molecule has 142 valence electrons. The van der Waals surface area contributed by atoms with E-state index < -0.39 is 0 Å². The van der Waals surface area contributed by atoms with Gasteiger partial charge in [-0.05, 0) is 41.3 Å². The van der Waals surface area contributed by atoms with Gasteiger partial charge in [0.1, 0.15) is 11.4 Å². The lowest BCUT2D eigenvalue weighted by Gasteiger charge is -2.29. The fourth-order valence-electron chi connectivity index (χ4n) is 3.40. The summed E-state index contributed by atoms with van der Waals surface area (Å²) in [6, 6.07) is 16.0. The Kier molecular flexibility index (Phi) is 5.19. The van der Waals surface area contributed by atoms with Crippen LogP contribution in [0.3, 0.4) is 0 Å². The number of hydrogen-bond donors (Lipinski definition) is 1. The van der Waals surface area contributed by atoms with Crippen molar-refractivity contribution < 1.29 is 9.53 Å². The van der Waals surface area contributed by atoms with Crippen LogP contribution in [-0.4, -0.2) is 29.5 Å². The molecular weight excluding hydrogens is 352 g/mol. The minimum absolute atomic E-state index is 0.221. The molecule has 28 heavy (non-hydrogen) atoms. The van der Waals surface area contributed by atoms with Crippen LogP contribution >= 0.6 is 0 Å². The van der Waals surface area contributed by atoms with Gasteiger partial charge in [0.2, 0.25) is 5.88 Å². The minimum Gasteiger partial charge on any atom is -0.480 e. The fraction of sp³-hybridized carbons (Fsp3) is 0.227. The largest absolute Gasteiger partial charge is 0.480 e. The van der Waals surface area contributed by atoms with Gasteiger partial charge in [0.25, 0.3) is 5.91 Å². The second kappa shape index (κ2) is 8.08. The van der Waals surface area contributed by atoms with Gasteiger partial charge in [-0.25, -0.2) is 9.97 Å². The van der Waals surface area contributed by atoms with E-state index >= 15 is 0 Å². The first-order valence-electron chi connectivity index (χ1n) is 9.28. The molecule has 6 heteroatoms. The Morgan fingerprint density at radius 2 is 1.96 bits per heavy atom. The lowest BCUT2D eigenvalue weighted by atomic mass is 10.00. The zero-order valence-corrected chi connectivity index (χ0v) is 15.8. The number of nitrogens with zero attached hydrogens (tertiary/aromatic N) is 3. The van der Waals surface area contributed by atoms with E-state index in [-0.39, 0.29) is 5.91 Å². The molecule has 0 radical (unpaired) electrons. The van der Waals surface area contributed by atoms with Crippen LogP contribution in [0.4, 0.5) is 5.82 Å². The summed E-state index contributed by atoms with van der Waals surface area (Å²) in [5.41, 5.74) is 4.14. The van der Waals surface area contributed by atoms with E-state index in [1.807, 2.05) is 18.3 Å². The van der Waals surface area contributed by atoms with Gasteiger partial charge in [-0.2, -0.15) is 0 Å². The highest BCUT2D eigenvalue weighted by Gasteiger charge is 2.17. The topological polar surface area (TPSA) is 67.3 Å². The smallest absolute Gasteiger partial charge is 0.257 e. The first kappa shape index (κ1) is 18.0. The Morgan fingerprint density at radius 3 is 2.75 bits per heavy atom. The number of ether oxygens (including phenoxy) is 1. The molecule has 0 saturated carbocycles. The van der Waals surface area contributed by atoms with Crippen molar-refractivity contribution >= 4 is 11.7 Å². The first-order chi connectivity index (χ1) is 13.7. The Hall–Kier alpha value is -3.41. The molecule has 6 nitrogen and oxygen atoms in total. The Bertz CT molecular complexity index is 972. The number of fused-ring (bicyclic) bond motifs is 1. The number of nitrogens with one attached hydrogen (secondary N) is 1. The monoisotopic (exact) mass is 374 g/mol. The van der Waals surface area contributed by atoms with Crippen molar-refractivity contribution in [2.45, 2.75) is 19.5 Å². The van der Waals surface area contributed by atoms with Gasteiger partial charge in [0.05, 0.1) is 7.11 Å². The summed E-state index contributed by atoms with van der Waals surface area (Å²) < 4.78 is 5.14. The van der Waals surface area contributed by atoms with Crippen molar-refractivity contribution in [2.75, 3.05) is 18.6 Å². The number of aromatic nitrogens is 2. The van der Waals surface area contributed by atoms with E-state index in [2.05, 4.69) is 44.5 Å². The third-order valence-corrected chi connectivity index (χ3v) is 4.93. The van der Waals surface area contributed by atoms with Crippen molar-refractivity contribution in [1.82, 2.24) is 15.3 Å². The number of rotatable bonds is 5. The molecule has 0 atom stereocenters. The van der Waals surface area contributed by atoms with E-state index in [0.29, 0.717) is 18.0 Å². The van der Waals surface area contributed by atoms with Crippen LogP contribution in [0.25, 0.3) is 0 Å². The number of anilines is 1. The van der Waals surface area contributed by atoms with Crippen molar-refractivity contribution in [3.8, 4) is 5.88 Å². The van der Waals surface area contributed by atoms with Crippen LogP contribution in [0.15, 0.2) is 60.9 Å². The lowest BCUT2D eigenvalue weighted by molar-refractivity contribution is 0.0947. The maximum atomic E-state index is 12.4. The summed E-state index contributed by atoms with van der Waals surface area (Å²) in [6.07, 6.45) is 4.44. The lowest BCUT2D eigenvalue weighted by Crippen LogP contribution is -2.31. The summed E-state index contributed by atoms with van der Waals surface area (Å²) in [7, 11) is 1.50. The van der Waals surface area contributed by atoms with E-state index in [1.54, 1.807) is 18.3 Å². The molecule has 4 rings (SSSR count). The maximum Gasteiger partial charge on any atom is 0.257 e. The molecule has 1 N–H and O–H groups in total. The summed E-state index contributed by atoms with van der Waals surface area (Å²) in [5.74, 6) is 1.05. The number of amides is 1. The molecule has 0 saturated heterocycles. The summed E-state index contributed by atoms with van der Waals surface area (Å²) in [4.78, 5) is 23.3. The van der Waals surface area contributed by atoms with Gasteiger partial charge in [-0.3, -0.25) is 4.79 Å². The molecule has 1 aliphatic heterocycles. The number of hydrogen-bond acceptors (Lipinski definition) is 5. The van der Waals surface area contributed by atoms with E-state index in [9.17, 15) is 4.79 Å². The van der Waals surface area contributed by atoms with E-state index in [1.165, 1.54) is 18.2 Å². The average molecular weight is 374 g/mol. The van der Waals surface area contributed by atoms with Gasteiger partial charge >= 0.3 is 0 Å². The zero-order chi connectivity index (χ0) is 19.3. The number of methoxy groups -OCH3 is 1. The quantitative estimate of drug-likeness (QED) is 0.744. The molecule has 0 bridgehead atoms. The first-order valence-corrected chi connectivity index (χ1v) is 9.28. The van der Waals surface area contributed by atoms with Crippen LogP contribution in [-0.2, 0) is 19.5 Å². The predicted octanol–water partition coefficient (Wildman–Crippen LogP) is 2.98. The van der Waals surface area contributed by atoms with E-state index in [0.717, 1.165) is 30.9 Å². The number of carbonyl (C=O) groups excluding carboxylic acids is 1. The van der Waals surface area contributed by atoms with Crippen LogP contribution in [0, 0.1) is 0 Å². The van der Waals surface area contributed by atoms with Gasteiger partial charge in [0.15, 0.2) is 0 Å². The minimum atomic E-state index is -0.221. The molecule has 1 aromatic carbocycles. The highest BCUT2D eigenvalue weighted by atomic mass is 16.5. The molecule has 1 aliphatic rings. The van der Waals surface area contributed by atoms with E-state index in [4.69, 9.17) is 4.74 Å². The molecule has 0 spiro atoms.